The molecule has 2 amide bonds. The van der Waals surface area contributed by atoms with Crippen molar-refractivity contribution in [2.24, 2.45) is 0 Å². The largest absolute Gasteiger partial charge is 0.487 e. The summed E-state index contributed by atoms with van der Waals surface area (Å²) in [6.45, 7) is 0.281. The molecule has 1 heterocycles. The maximum absolute atomic E-state index is 14.0. The normalized spacial score (nSPS) is 15.0. The fourth-order valence-electron chi connectivity index (χ4n) is 3.14. The zero-order valence-corrected chi connectivity index (χ0v) is 21.7. The summed E-state index contributed by atoms with van der Waals surface area (Å²) in [6, 6.07) is 19.8. The van der Waals surface area contributed by atoms with E-state index < -0.39 is 17.0 Å². The standard InChI is InChI=1S/C24H16FI2NO3S/c25-19-9-5-4-8-16(19)13-28-23(29)21(32-24(28)30)11-17-10-18(26)12-20(27)22(17)31-14-15-6-2-1-3-7-15/h1-12H,13-14H2/b21-11-. The molecule has 162 valence electrons. The predicted octanol–water partition coefficient (Wildman–Crippen LogP) is 6.85. The second kappa shape index (κ2) is 10.3. The SMILES string of the molecule is O=C1S/C(=C\c2cc(I)cc(I)c2OCc2ccccc2)C(=O)N1Cc1ccccc1F. The molecule has 8 heteroatoms. The maximum atomic E-state index is 14.0. The Hall–Kier alpha value is -1.92. The van der Waals surface area contributed by atoms with Crippen molar-refractivity contribution in [2.75, 3.05) is 0 Å². The number of amides is 2. The lowest BCUT2D eigenvalue weighted by molar-refractivity contribution is -0.123. The molecule has 0 aromatic heterocycles. The van der Waals surface area contributed by atoms with Crippen molar-refractivity contribution in [1.29, 1.82) is 0 Å². The Kier molecular flexibility index (Phi) is 7.51. The van der Waals surface area contributed by atoms with Gasteiger partial charge < -0.3 is 4.74 Å². The molecule has 0 saturated carbocycles. The van der Waals surface area contributed by atoms with Gasteiger partial charge in [-0.1, -0.05) is 48.5 Å². The Balaban J connectivity index is 1.61. The number of rotatable bonds is 6. The fraction of sp³-hybridized carbons (Fsp3) is 0.0833. The first-order valence-corrected chi connectivity index (χ1v) is 12.5. The van der Waals surface area contributed by atoms with E-state index in [1.165, 1.54) is 6.07 Å². The van der Waals surface area contributed by atoms with Crippen LogP contribution < -0.4 is 4.74 Å². The number of carbonyl (C=O) groups is 2. The van der Waals surface area contributed by atoms with Gasteiger partial charge in [-0.2, -0.15) is 0 Å². The van der Waals surface area contributed by atoms with Crippen molar-refractivity contribution in [2.45, 2.75) is 13.2 Å². The minimum atomic E-state index is -0.445. The van der Waals surface area contributed by atoms with Gasteiger partial charge >= 0.3 is 0 Å². The molecule has 0 unspecified atom stereocenters. The first-order valence-electron chi connectivity index (χ1n) is 9.57. The maximum Gasteiger partial charge on any atom is 0.293 e. The molecule has 0 N–H and O–H groups in total. The van der Waals surface area contributed by atoms with Crippen molar-refractivity contribution in [3.63, 3.8) is 0 Å². The Morgan fingerprint density at radius 1 is 1.00 bits per heavy atom. The first-order chi connectivity index (χ1) is 15.4. The van der Waals surface area contributed by atoms with Gasteiger partial charge in [-0.15, -0.1) is 0 Å². The Morgan fingerprint density at radius 2 is 1.72 bits per heavy atom. The van der Waals surface area contributed by atoms with Crippen molar-refractivity contribution in [3.05, 3.63) is 101 Å². The van der Waals surface area contributed by atoms with Gasteiger partial charge in [0, 0.05) is 14.7 Å². The zero-order chi connectivity index (χ0) is 22.7. The molecule has 3 aromatic rings. The molecule has 1 aliphatic rings. The third kappa shape index (κ3) is 5.34. The molecule has 4 nitrogen and oxygen atoms in total. The second-order valence-corrected chi connectivity index (χ2v) is 10.3. The third-order valence-corrected chi connectivity index (χ3v) is 7.04. The van der Waals surface area contributed by atoms with E-state index in [1.807, 2.05) is 42.5 Å². The lowest BCUT2D eigenvalue weighted by Gasteiger charge is -2.14. The summed E-state index contributed by atoms with van der Waals surface area (Å²) >= 11 is 5.26. The molecule has 0 spiro atoms. The van der Waals surface area contributed by atoms with Gasteiger partial charge in [0.1, 0.15) is 18.2 Å². The van der Waals surface area contributed by atoms with E-state index in [-0.39, 0.29) is 11.4 Å². The number of benzene rings is 3. The molecule has 0 radical (unpaired) electrons. The van der Waals surface area contributed by atoms with Gasteiger partial charge in [-0.3, -0.25) is 14.5 Å². The summed E-state index contributed by atoms with van der Waals surface area (Å²) < 4.78 is 22.0. The van der Waals surface area contributed by atoms with Crippen LogP contribution in [0.5, 0.6) is 5.75 Å². The number of nitrogens with zero attached hydrogens (tertiary/aromatic N) is 1. The van der Waals surface area contributed by atoms with Crippen LogP contribution in [0.2, 0.25) is 0 Å². The van der Waals surface area contributed by atoms with Crippen LogP contribution in [-0.4, -0.2) is 16.0 Å². The summed E-state index contributed by atoms with van der Waals surface area (Å²) in [5.74, 6) is -0.235. The van der Waals surface area contributed by atoms with Crippen LogP contribution in [0, 0.1) is 13.0 Å². The second-order valence-electron chi connectivity index (χ2n) is 6.94. The van der Waals surface area contributed by atoms with E-state index in [2.05, 4.69) is 45.2 Å². The van der Waals surface area contributed by atoms with Crippen LogP contribution in [0.4, 0.5) is 9.18 Å². The lowest BCUT2D eigenvalue weighted by Crippen LogP contribution is -2.27. The highest BCUT2D eigenvalue weighted by atomic mass is 127. The van der Waals surface area contributed by atoms with E-state index in [0.717, 1.165) is 29.4 Å². The van der Waals surface area contributed by atoms with E-state index >= 15 is 0 Å². The molecule has 0 aliphatic carbocycles. The highest BCUT2D eigenvalue weighted by Crippen LogP contribution is 2.37. The van der Waals surface area contributed by atoms with Crippen molar-refractivity contribution in [3.8, 4) is 5.75 Å². The van der Waals surface area contributed by atoms with Crippen LogP contribution in [-0.2, 0) is 17.9 Å². The van der Waals surface area contributed by atoms with E-state index in [9.17, 15) is 14.0 Å². The molecule has 0 atom stereocenters. The molecule has 1 saturated heterocycles. The third-order valence-electron chi connectivity index (χ3n) is 4.71. The smallest absolute Gasteiger partial charge is 0.293 e. The quantitative estimate of drug-likeness (QED) is 0.213. The summed E-state index contributed by atoms with van der Waals surface area (Å²) in [5.41, 5.74) is 2.04. The molecular formula is C24H16FI2NO3S. The van der Waals surface area contributed by atoms with E-state index in [1.54, 1.807) is 24.3 Å². The lowest BCUT2D eigenvalue weighted by atomic mass is 10.1. The Morgan fingerprint density at radius 3 is 2.47 bits per heavy atom. The van der Waals surface area contributed by atoms with E-state index in [4.69, 9.17) is 4.74 Å². The van der Waals surface area contributed by atoms with Crippen LogP contribution in [0.15, 0.2) is 71.6 Å². The van der Waals surface area contributed by atoms with Gasteiger partial charge in [0.2, 0.25) is 0 Å². The van der Waals surface area contributed by atoms with Gasteiger partial charge in [-0.25, -0.2) is 4.39 Å². The topological polar surface area (TPSA) is 46.6 Å². The minimum Gasteiger partial charge on any atom is -0.487 e. The van der Waals surface area contributed by atoms with Crippen molar-refractivity contribution >= 4 is 74.2 Å². The predicted molar refractivity (Wildman–Crippen MR) is 141 cm³/mol. The highest BCUT2D eigenvalue weighted by molar-refractivity contribution is 14.1. The molecule has 4 rings (SSSR count). The van der Waals surface area contributed by atoms with Gasteiger partial charge in [0.15, 0.2) is 0 Å². The molecule has 1 aliphatic heterocycles. The van der Waals surface area contributed by atoms with Crippen LogP contribution in [0.1, 0.15) is 16.7 Å². The number of imide groups is 1. The monoisotopic (exact) mass is 671 g/mol. The van der Waals surface area contributed by atoms with Crippen LogP contribution >= 0.6 is 56.9 Å². The number of ether oxygens (including phenoxy) is 1. The number of thioether (sulfide) groups is 1. The average molecular weight is 671 g/mol. The summed E-state index contributed by atoms with van der Waals surface area (Å²) in [6.07, 6.45) is 1.68. The number of halogens is 3. The molecule has 0 bridgehead atoms. The average Bonchev–Trinajstić information content (AvgIpc) is 3.02. The Labute approximate surface area is 216 Å². The zero-order valence-electron chi connectivity index (χ0n) is 16.6. The van der Waals surface area contributed by atoms with Gasteiger partial charge in [-0.05, 0) is 86.8 Å². The van der Waals surface area contributed by atoms with Gasteiger partial charge in [0.05, 0.1) is 15.0 Å². The minimum absolute atomic E-state index is 0.101. The highest BCUT2D eigenvalue weighted by Gasteiger charge is 2.35. The summed E-state index contributed by atoms with van der Waals surface area (Å²) in [4.78, 5) is 26.8. The fourth-order valence-corrected chi connectivity index (χ4v) is 6.02. The van der Waals surface area contributed by atoms with Gasteiger partial charge in [0.25, 0.3) is 11.1 Å². The number of carbonyl (C=O) groups excluding carboxylic acids is 2. The van der Waals surface area contributed by atoms with Crippen molar-refractivity contribution < 1.29 is 18.7 Å². The molecule has 32 heavy (non-hydrogen) atoms. The molecule has 1 fully saturated rings. The first kappa shape index (κ1) is 23.2. The molecule has 3 aromatic carbocycles. The van der Waals surface area contributed by atoms with Crippen molar-refractivity contribution in [1.82, 2.24) is 4.90 Å². The van der Waals surface area contributed by atoms with Crippen LogP contribution in [0.25, 0.3) is 6.08 Å². The van der Waals surface area contributed by atoms with E-state index in [0.29, 0.717) is 23.5 Å². The summed E-state index contributed by atoms with van der Waals surface area (Å²) in [5, 5.41) is -0.420. The van der Waals surface area contributed by atoms with Crippen LogP contribution in [0.3, 0.4) is 0 Å². The molecular weight excluding hydrogens is 655 g/mol. The summed E-state index contributed by atoms with van der Waals surface area (Å²) in [7, 11) is 0. The number of hydrogen-bond acceptors (Lipinski definition) is 4. The number of hydrogen-bond donors (Lipinski definition) is 0. The Bertz CT molecular complexity index is 1220.